The van der Waals surface area contributed by atoms with E-state index in [0.717, 1.165) is 5.57 Å². The van der Waals surface area contributed by atoms with E-state index < -0.39 is 0 Å². The molecule has 0 aromatic carbocycles. The first-order valence-electron chi connectivity index (χ1n) is 4.30. The van der Waals surface area contributed by atoms with Crippen LogP contribution in [0, 0.1) is 5.92 Å². The summed E-state index contributed by atoms with van der Waals surface area (Å²) in [5.74, 6) is 0.0279. The third-order valence-corrected chi connectivity index (χ3v) is 1.73. The van der Waals surface area contributed by atoms with E-state index in [1.807, 2.05) is 19.1 Å². The molecule has 0 saturated carbocycles. The van der Waals surface area contributed by atoms with Gasteiger partial charge in [-0.05, 0) is 6.42 Å². The van der Waals surface area contributed by atoms with Gasteiger partial charge in [-0.3, -0.25) is 4.79 Å². The Morgan fingerprint density at radius 2 is 2.23 bits per heavy atom. The molecule has 72 valence electrons. The van der Waals surface area contributed by atoms with Crippen LogP contribution in [-0.4, -0.2) is 13.0 Å². The lowest BCUT2D eigenvalue weighted by atomic mass is 10.0. The van der Waals surface area contributed by atoms with Gasteiger partial charge in [0, 0.05) is 13.0 Å². The largest absolute Gasteiger partial charge is 0.359 e. The summed E-state index contributed by atoms with van der Waals surface area (Å²) in [6.45, 7) is 9.27. The summed E-state index contributed by atoms with van der Waals surface area (Å²) in [5.41, 5.74) is 0.941. The Labute approximate surface area is 80.0 Å². The second-order valence-electron chi connectivity index (χ2n) is 2.97. The molecular weight excluding hydrogens is 162 g/mol. The van der Waals surface area contributed by atoms with E-state index in [1.54, 1.807) is 13.1 Å². The first-order valence-corrected chi connectivity index (χ1v) is 4.30. The minimum Gasteiger partial charge on any atom is -0.359 e. The highest BCUT2D eigenvalue weighted by atomic mass is 16.1. The molecule has 1 atom stereocenters. The topological polar surface area (TPSA) is 29.1 Å². The van der Waals surface area contributed by atoms with Gasteiger partial charge in [0.1, 0.15) is 0 Å². The third-order valence-electron chi connectivity index (χ3n) is 1.73. The highest BCUT2D eigenvalue weighted by Gasteiger charge is 2.10. The van der Waals surface area contributed by atoms with Crippen molar-refractivity contribution in [1.29, 1.82) is 0 Å². The zero-order valence-electron chi connectivity index (χ0n) is 8.34. The molecule has 13 heavy (non-hydrogen) atoms. The Balaban J connectivity index is 3.98. The predicted molar refractivity (Wildman–Crippen MR) is 56.3 cm³/mol. The van der Waals surface area contributed by atoms with Gasteiger partial charge in [-0.1, -0.05) is 43.9 Å². The molecular formula is C11H17NO. The van der Waals surface area contributed by atoms with Crippen molar-refractivity contribution in [2.75, 3.05) is 7.05 Å². The number of amides is 1. The minimum atomic E-state index is -0.0213. The zero-order chi connectivity index (χ0) is 10.3. The fraction of sp³-hybridized carbons (Fsp3) is 0.364. The predicted octanol–water partition coefficient (Wildman–Crippen LogP) is 2.06. The highest BCUT2D eigenvalue weighted by molar-refractivity contribution is 5.78. The Morgan fingerprint density at radius 1 is 1.62 bits per heavy atom. The lowest BCUT2D eigenvalue weighted by Crippen LogP contribution is -2.25. The van der Waals surface area contributed by atoms with Crippen LogP contribution in [0.2, 0.25) is 0 Å². The van der Waals surface area contributed by atoms with Crippen molar-refractivity contribution in [2.45, 2.75) is 13.3 Å². The number of allylic oxidation sites excluding steroid dienone is 4. The Bertz CT molecular complexity index is 228. The van der Waals surface area contributed by atoms with E-state index >= 15 is 0 Å². The van der Waals surface area contributed by atoms with Gasteiger partial charge < -0.3 is 5.32 Å². The van der Waals surface area contributed by atoms with Crippen LogP contribution in [0.3, 0.4) is 0 Å². The summed E-state index contributed by atoms with van der Waals surface area (Å²) in [4.78, 5) is 11.1. The van der Waals surface area contributed by atoms with Gasteiger partial charge in [0.25, 0.3) is 0 Å². The molecule has 2 heteroatoms. The summed E-state index contributed by atoms with van der Waals surface area (Å²) in [6, 6.07) is 0. The second kappa shape index (κ2) is 6.23. The van der Waals surface area contributed by atoms with Crippen molar-refractivity contribution in [3.05, 3.63) is 37.0 Å². The van der Waals surface area contributed by atoms with Gasteiger partial charge >= 0.3 is 0 Å². The third kappa shape index (κ3) is 5.01. The van der Waals surface area contributed by atoms with Crippen molar-refractivity contribution in [3.8, 4) is 0 Å². The van der Waals surface area contributed by atoms with Crippen LogP contribution in [-0.2, 0) is 4.79 Å². The highest BCUT2D eigenvalue weighted by Crippen LogP contribution is 2.10. The van der Waals surface area contributed by atoms with Gasteiger partial charge in [-0.25, -0.2) is 0 Å². The molecule has 1 amide bonds. The SMILES string of the molecule is C=C/C=C\C(=C)CC(C)C(=O)NC. The fourth-order valence-electron chi connectivity index (χ4n) is 1.00. The fourth-order valence-corrected chi connectivity index (χ4v) is 1.00. The van der Waals surface area contributed by atoms with Gasteiger partial charge in [-0.2, -0.15) is 0 Å². The molecule has 0 radical (unpaired) electrons. The van der Waals surface area contributed by atoms with Crippen LogP contribution in [0.25, 0.3) is 0 Å². The molecule has 0 aliphatic heterocycles. The van der Waals surface area contributed by atoms with E-state index in [4.69, 9.17) is 0 Å². The van der Waals surface area contributed by atoms with Gasteiger partial charge in [0.05, 0.1) is 0 Å². The standard InChI is InChI=1S/C11H17NO/c1-5-6-7-9(2)8-10(3)11(13)12-4/h5-7,10H,1-2,8H2,3-4H3,(H,12,13)/b7-6-. The summed E-state index contributed by atoms with van der Waals surface area (Å²) < 4.78 is 0. The van der Waals surface area contributed by atoms with Crippen molar-refractivity contribution in [3.63, 3.8) is 0 Å². The molecule has 0 aromatic heterocycles. The molecule has 0 aromatic rings. The lowest BCUT2D eigenvalue weighted by molar-refractivity contribution is -0.123. The summed E-state index contributed by atoms with van der Waals surface area (Å²) in [5, 5.41) is 2.60. The molecule has 2 nitrogen and oxygen atoms in total. The molecule has 1 unspecified atom stereocenters. The minimum absolute atomic E-state index is 0.0213. The first kappa shape index (κ1) is 11.7. The maximum Gasteiger partial charge on any atom is 0.222 e. The average molecular weight is 179 g/mol. The molecule has 0 heterocycles. The van der Waals surface area contributed by atoms with Crippen LogP contribution < -0.4 is 5.32 Å². The van der Waals surface area contributed by atoms with Crippen molar-refractivity contribution < 1.29 is 4.79 Å². The van der Waals surface area contributed by atoms with Crippen LogP contribution in [0.5, 0.6) is 0 Å². The number of rotatable bonds is 5. The molecule has 0 saturated heterocycles. The normalized spacial score (nSPS) is 12.5. The monoisotopic (exact) mass is 179 g/mol. The molecule has 0 spiro atoms. The van der Waals surface area contributed by atoms with Crippen molar-refractivity contribution >= 4 is 5.91 Å². The number of hydrogen-bond donors (Lipinski definition) is 1. The quantitative estimate of drug-likeness (QED) is 0.643. The Hall–Kier alpha value is -1.31. The number of hydrogen-bond acceptors (Lipinski definition) is 1. The lowest BCUT2D eigenvalue weighted by Gasteiger charge is -2.08. The molecule has 0 fully saturated rings. The number of carbonyl (C=O) groups is 1. The zero-order valence-corrected chi connectivity index (χ0v) is 8.34. The van der Waals surface area contributed by atoms with E-state index in [9.17, 15) is 4.79 Å². The molecule has 0 rings (SSSR count). The van der Waals surface area contributed by atoms with Gasteiger partial charge in [0.15, 0.2) is 0 Å². The second-order valence-corrected chi connectivity index (χ2v) is 2.97. The molecule has 0 bridgehead atoms. The van der Waals surface area contributed by atoms with E-state index in [0.29, 0.717) is 6.42 Å². The van der Waals surface area contributed by atoms with Crippen LogP contribution in [0.4, 0.5) is 0 Å². The summed E-state index contributed by atoms with van der Waals surface area (Å²) >= 11 is 0. The van der Waals surface area contributed by atoms with Crippen molar-refractivity contribution in [1.82, 2.24) is 5.32 Å². The first-order chi connectivity index (χ1) is 6.11. The molecule has 0 aliphatic carbocycles. The van der Waals surface area contributed by atoms with Crippen molar-refractivity contribution in [2.24, 2.45) is 5.92 Å². The maximum absolute atomic E-state index is 11.1. The Kier molecular flexibility index (Phi) is 5.60. The van der Waals surface area contributed by atoms with E-state index in [2.05, 4.69) is 18.5 Å². The number of nitrogens with one attached hydrogen (secondary N) is 1. The van der Waals surface area contributed by atoms with Crippen LogP contribution >= 0.6 is 0 Å². The van der Waals surface area contributed by atoms with E-state index in [1.165, 1.54) is 0 Å². The Morgan fingerprint density at radius 3 is 2.69 bits per heavy atom. The average Bonchev–Trinajstić information content (AvgIpc) is 2.13. The number of carbonyl (C=O) groups excluding carboxylic acids is 1. The summed E-state index contributed by atoms with van der Waals surface area (Å²) in [6.07, 6.45) is 6.06. The van der Waals surface area contributed by atoms with Crippen LogP contribution in [0.1, 0.15) is 13.3 Å². The molecule has 0 aliphatic rings. The smallest absolute Gasteiger partial charge is 0.222 e. The molecule has 1 N–H and O–H groups in total. The van der Waals surface area contributed by atoms with Crippen LogP contribution in [0.15, 0.2) is 37.0 Å². The van der Waals surface area contributed by atoms with E-state index in [-0.39, 0.29) is 11.8 Å². The van der Waals surface area contributed by atoms with Gasteiger partial charge in [-0.15, -0.1) is 0 Å². The maximum atomic E-state index is 11.1. The summed E-state index contributed by atoms with van der Waals surface area (Å²) in [7, 11) is 1.64. The van der Waals surface area contributed by atoms with Gasteiger partial charge in [0.2, 0.25) is 5.91 Å².